The molecule has 5 heteroatoms. The zero-order valence-electron chi connectivity index (χ0n) is 14.9. The Kier molecular flexibility index (Phi) is 5.16. The number of nitrogens with zero attached hydrogens (tertiary/aromatic N) is 1. The molecule has 0 spiro atoms. The molecule has 0 atom stereocenters. The molecule has 0 unspecified atom stereocenters. The van der Waals surface area contributed by atoms with Gasteiger partial charge in [0.2, 0.25) is 0 Å². The number of carbonyl (C=O) groups is 2. The van der Waals surface area contributed by atoms with Gasteiger partial charge in [0, 0.05) is 24.6 Å². The van der Waals surface area contributed by atoms with Crippen molar-refractivity contribution in [3.63, 3.8) is 0 Å². The van der Waals surface area contributed by atoms with E-state index in [1.165, 1.54) is 11.0 Å². The van der Waals surface area contributed by atoms with Crippen LogP contribution in [0.2, 0.25) is 0 Å². The second-order valence-electron chi connectivity index (χ2n) is 6.85. The molecule has 1 amide bonds. The second-order valence-corrected chi connectivity index (χ2v) is 6.85. The predicted octanol–water partition coefficient (Wildman–Crippen LogP) is 4.32. The molecule has 2 aromatic rings. The van der Waals surface area contributed by atoms with Gasteiger partial charge in [0.1, 0.15) is 17.2 Å². The number of likely N-dealkylation sites (tertiary alicyclic amines) is 1. The lowest BCUT2D eigenvalue weighted by Crippen LogP contribution is -2.41. The van der Waals surface area contributed by atoms with Gasteiger partial charge in [0.25, 0.3) is 5.91 Å². The summed E-state index contributed by atoms with van der Waals surface area (Å²) in [7, 11) is 0. The average Bonchev–Trinajstić information content (AvgIpc) is 2.61. The minimum Gasteiger partial charge on any atom is -0.338 e. The maximum Gasteiger partial charge on any atom is 0.259 e. The van der Waals surface area contributed by atoms with Gasteiger partial charge in [-0.05, 0) is 44.4 Å². The zero-order valence-corrected chi connectivity index (χ0v) is 14.9. The summed E-state index contributed by atoms with van der Waals surface area (Å²) in [6, 6.07) is 9.13. The third-order valence-electron chi connectivity index (χ3n) is 4.98. The smallest absolute Gasteiger partial charge is 0.259 e. The van der Waals surface area contributed by atoms with Crippen LogP contribution in [0.25, 0.3) is 0 Å². The minimum absolute atomic E-state index is 0.0756. The standard InChI is InChI=1S/C21H21F2NO2/c1-13-6-7-16(14(2)12-13)20(25)15-8-10-24(11-9-15)21(26)19-17(22)4-3-5-18(19)23/h3-7,12,15H,8-11H2,1-2H3. The van der Waals surface area contributed by atoms with Crippen molar-refractivity contribution in [3.8, 4) is 0 Å². The number of aryl methyl sites for hydroxylation is 2. The van der Waals surface area contributed by atoms with E-state index in [-0.39, 0.29) is 11.7 Å². The van der Waals surface area contributed by atoms with E-state index in [1.807, 2.05) is 32.0 Å². The van der Waals surface area contributed by atoms with E-state index in [0.29, 0.717) is 31.5 Å². The Labute approximate surface area is 151 Å². The molecule has 0 saturated carbocycles. The molecule has 136 valence electrons. The molecule has 2 aromatic carbocycles. The van der Waals surface area contributed by atoms with Crippen LogP contribution >= 0.6 is 0 Å². The normalized spacial score (nSPS) is 15.2. The number of hydrogen-bond donors (Lipinski definition) is 0. The molecule has 0 aromatic heterocycles. The third kappa shape index (κ3) is 3.52. The summed E-state index contributed by atoms with van der Waals surface area (Å²) in [4.78, 5) is 26.6. The zero-order chi connectivity index (χ0) is 18.8. The highest BCUT2D eigenvalue weighted by molar-refractivity contribution is 5.99. The Hall–Kier alpha value is -2.56. The van der Waals surface area contributed by atoms with Gasteiger partial charge in [-0.25, -0.2) is 8.78 Å². The van der Waals surface area contributed by atoms with E-state index in [2.05, 4.69) is 0 Å². The van der Waals surface area contributed by atoms with Crippen LogP contribution in [0.4, 0.5) is 8.78 Å². The molecule has 3 rings (SSSR count). The summed E-state index contributed by atoms with van der Waals surface area (Å²) >= 11 is 0. The van der Waals surface area contributed by atoms with E-state index in [1.54, 1.807) is 0 Å². The van der Waals surface area contributed by atoms with Crippen LogP contribution in [0.3, 0.4) is 0 Å². The van der Waals surface area contributed by atoms with Crippen LogP contribution in [0.5, 0.6) is 0 Å². The molecule has 1 saturated heterocycles. The molecule has 3 nitrogen and oxygen atoms in total. The lowest BCUT2D eigenvalue weighted by atomic mass is 9.87. The summed E-state index contributed by atoms with van der Waals surface area (Å²) in [6.07, 6.45) is 0.988. The van der Waals surface area contributed by atoms with E-state index in [9.17, 15) is 18.4 Å². The van der Waals surface area contributed by atoms with E-state index in [0.717, 1.165) is 23.3 Å². The number of piperidine rings is 1. The first kappa shape index (κ1) is 18.2. The predicted molar refractivity (Wildman–Crippen MR) is 95.2 cm³/mol. The van der Waals surface area contributed by atoms with Gasteiger partial charge >= 0.3 is 0 Å². The number of halogens is 2. The van der Waals surface area contributed by atoms with E-state index in [4.69, 9.17) is 0 Å². The molecule has 1 heterocycles. The molecular weight excluding hydrogens is 336 g/mol. The number of rotatable bonds is 3. The van der Waals surface area contributed by atoms with Crippen LogP contribution in [-0.2, 0) is 0 Å². The summed E-state index contributed by atoms with van der Waals surface area (Å²) in [5.41, 5.74) is 2.24. The van der Waals surface area contributed by atoms with Gasteiger partial charge in [0.15, 0.2) is 5.78 Å². The number of amides is 1. The fourth-order valence-corrected chi connectivity index (χ4v) is 3.51. The lowest BCUT2D eigenvalue weighted by molar-refractivity contribution is 0.0642. The molecule has 0 radical (unpaired) electrons. The van der Waals surface area contributed by atoms with Crippen molar-refractivity contribution in [1.29, 1.82) is 0 Å². The van der Waals surface area contributed by atoms with E-state index >= 15 is 0 Å². The number of Topliss-reactive ketones (excluding diaryl/α,β-unsaturated/α-hetero) is 1. The summed E-state index contributed by atoms with van der Waals surface area (Å²) in [5.74, 6) is -2.47. The number of hydrogen-bond acceptors (Lipinski definition) is 2. The summed E-state index contributed by atoms with van der Waals surface area (Å²) in [6.45, 7) is 4.52. The van der Waals surface area contributed by atoms with Crippen molar-refractivity contribution in [3.05, 3.63) is 70.3 Å². The van der Waals surface area contributed by atoms with E-state index < -0.39 is 23.1 Å². The van der Waals surface area contributed by atoms with Gasteiger partial charge in [-0.15, -0.1) is 0 Å². The molecule has 26 heavy (non-hydrogen) atoms. The Morgan fingerprint density at radius 2 is 1.62 bits per heavy atom. The van der Waals surface area contributed by atoms with Gasteiger partial charge in [-0.2, -0.15) is 0 Å². The van der Waals surface area contributed by atoms with Crippen LogP contribution in [0.15, 0.2) is 36.4 Å². The molecule has 0 N–H and O–H groups in total. The van der Waals surface area contributed by atoms with Crippen molar-refractivity contribution < 1.29 is 18.4 Å². The fourth-order valence-electron chi connectivity index (χ4n) is 3.51. The van der Waals surface area contributed by atoms with Crippen molar-refractivity contribution in [2.24, 2.45) is 5.92 Å². The third-order valence-corrected chi connectivity index (χ3v) is 4.98. The Morgan fingerprint density at radius 3 is 2.19 bits per heavy atom. The molecule has 1 aliphatic heterocycles. The first-order valence-corrected chi connectivity index (χ1v) is 8.73. The summed E-state index contributed by atoms with van der Waals surface area (Å²) < 4.78 is 27.6. The largest absolute Gasteiger partial charge is 0.338 e. The van der Waals surface area contributed by atoms with Gasteiger partial charge in [-0.1, -0.05) is 29.8 Å². The molecule has 0 aliphatic carbocycles. The van der Waals surface area contributed by atoms with Crippen molar-refractivity contribution in [1.82, 2.24) is 4.90 Å². The molecule has 1 aliphatic rings. The number of ketones is 1. The Morgan fingerprint density at radius 1 is 1.00 bits per heavy atom. The number of carbonyl (C=O) groups excluding carboxylic acids is 2. The number of benzene rings is 2. The Balaban J connectivity index is 1.69. The summed E-state index contributed by atoms with van der Waals surface area (Å²) in [5, 5.41) is 0. The molecule has 1 fully saturated rings. The topological polar surface area (TPSA) is 37.4 Å². The highest BCUT2D eigenvalue weighted by Gasteiger charge is 2.31. The first-order chi connectivity index (χ1) is 12.4. The lowest BCUT2D eigenvalue weighted by Gasteiger charge is -2.31. The highest BCUT2D eigenvalue weighted by Crippen LogP contribution is 2.25. The maximum atomic E-state index is 13.8. The maximum absolute atomic E-state index is 13.8. The van der Waals surface area contributed by atoms with Crippen LogP contribution in [0, 0.1) is 31.4 Å². The van der Waals surface area contributed by atoms with Gasteiger partial charge in [0.05, 0.1) is 0 Å². The molecular formula is C21H21F2NO2. The van der Waals surface area contributed by atoms with Crippen LogP contribution < -0.4 is 0 Å². The second kappa shape index (κ2) is 7.36. The van der Waals surface area contributed by atoms with Gasteiger partial charge in [-0.3, -0.25) is 9.59 Å². The fraction of sp³-hybridized carbons (Fsp3) is 0.333. The van der Waals surface area contributed by atoms with Crippen LogP contribution in [0.1, 0.15) is 44.7 Å². The average molecular weight is 357 g/mol. The quantitative estimate of drug-likeness (QED) is 0.768. The molecule has 0 bridgehead atoms. The Bertz CT molecular complexity index is 835. The van der Waals surface area contributed by atoms with Gasteiger partial charge < -0.3 is 4.90 Å². The monoisotopic (exact) mass is 357 g/mol. The van der Waals surface area contributed by atoms with Crippen molar-refractivity contribution in [2.45, 2.75) is 26.7 Å². The highest BCUT2D eigenvalue weighted by atomic mass is 19.1. The van der Waals surface area contributed by atoms with Crippen molar-refractivity contribution >= 4 is 11.7 Å². The van der Waals surface area contributed by atoms with Crippen LogP contribution in [-0.4, -0.2) is 29.7 Å². The SMILES string of the molecule is Cc1ccc(C(=O)C2CCN(C(=O)c3c(F)cccc3F)CC2)c(C)c1. The van der Waals surface area contributed by atoms with Crippen molar-refractivity contribution in [2.75, 3.05) is 13.1 Å². The minimum atomic E-state index is -0.858. The first-order valence-electron chi connectivity index (χ1n) is 8.73.